The van der Waals surface area contributed by atoms with Gasteiger partial charge in [-0.25, -0.2) is 9.18 Å². The summed E-state index contributed by atoms with van der Waals surface area (Å²) in [5, 5.41) is 8.41. The van der Waals surface area contributed by atoms with Crippen LogP contribution in [0.5, 0.6) is 0 Å². The van der Waals surface area contributed by atoms with E-state index in [1.807, 2.05) is 6.07 Å². The van der Waals surface area contributed by atoms with Crippen molar-refractivity contribution >= 4 is 6.09 Å². The van der Waals surface area contributed by atoms with E-state index < -0.39 is 17.4 Å². The zero-order valence-electron chi connectivity index (χ0n) is 11.8. The molecule has 1 amide bonds. The van der Waals surface area contributed by atoms with Gasteiger partial charge in [0, 0.05) is 25.9 Å². The van der Waals surface area contributed by atoms with E-state index in [-0.39, 0.29) is 19.3 Å². The number of halogens is 1. The highest BCUT2D eigenvalue weighted by Gasteiger charge is 2.35. The van der Waals surface area contributed by atoms with Gasteiger partial charge in [0.1, 0.15) is 11.3 Å². The third-order valence-corrected chi connectivity index (χ3v) is 2.87. The third-order valence-electron chi connectivity index (χ3n) is 2.87. The highest BCUT2D eigenvalue weighted by molar-refractivity contribution is 5.68. The fourth-order valence-corrected chi connectivity index (χ4v) is 1.88. The fraction of sp³-hybridized carbons (Fsp3) is 0.714. The molecule has 5 heteroatoms. The Morgan fingerprint density at radius 3 is 2.53 bits per heavy atom. The first-order valence-corrected chi connectivity index (χ1v) is 6.47. The lowest BCUT2D eigenvalue weighted by Gasteiger charge is -2.35. The second-order valence-corrected chi connectivity index (χ2v) is 5.77. The third kappa shape index (κ3) is 5.29. The number of nitriles is 1. The predicted octanol–water partition coefficient (Wildman–Crippen LogP) is 3.20. The van der Waals surface area contributed by atoms with E-state index in [0.29, 0.717) is 13.1 Å². The minimum absolute atomic E-state index is 0.210. The number of nitrogens with zero attached hydrogens (tertiary/aromatic N) is 2. The molecule has 0 spiro atoms. The molecule has 0 aromatic carbocycles. The largest absolute Gasteiger partial charge is 0.444 e. The van der Waals surface area contributed by atoms with Gasteiger partial charge in [0.2, 0.25) is 0 Å². The average molecular weight is 268 g/mol. The van der Waals surface area contributed by atoms with Crippen molar-refractivity contribution in [2.75, 3.05) is 13.1 Å². The van der Waals surface area contributed by atoms with Crippen molar-refractivity contribution in [1.29, 1.82) is 5.26 Å². The van der Waals surface area contributed by atoms with Crippen molar-refractivity contribution in [1.82, 2.24) is 4.90 Å². The Balaban J connectivity index is 2.49. The van der Waals surface area contributed by atoms with Crippen molar-refractivity contribution in [3.63, 3.8) is 0 Å². The zero-order chi connectivity index (χ0) is 14.5. The zero-order valence-corrected chi connectivity index (χ0v) is 11.8. The van der Waals surface area contributed by atoms with Crippen LogP contribution in [0.1, 0.15) is 40.0 Å². The number of ether oxygens (including phenoxy) is 1. The summed E-state index contributed by atoms with van der Waals surface area (Å²) >= 11 is 0. The summed E-state index contributed by atoms with van der Waals surface area (Å²) in [7, 11) is 0. The molecule has 4 nitrogen and oxygen atoms in total. The van der Waals surface area contributed by atoms with E-state index in [1.54, 1.807) is 26.8 Å². The van der Waals surface area contributed by atoms with Crippen LogP contribution in [0, 0.1) is 11.3 Å². The minimum Gasteiger partial charge on any atom is -0.444 e. The van der Waals surface area contributed by atoms with Crippen molar-refractivity contribution < 1.29 is 13.9 Å². The quantitative estimate of drug-likeness (QED) is 0.723. The summed E-state index contributed by atoms with van der Waals surface area (Å²) in [5.74, 6) is 0. The van der Waals surface area contributed by atoms with Crippen LogP contribution in [0.2, 0.25) is 0 Å². The lowest BCUT2D eigenvalue weighted by atomic mass is 9.93. The van der Waals surface area contributed by atoms with E-state index in [4.69, 9.17) is 10.00 Å². The highest BCUT2D eigenvalue weighted by atomic mass is 19.1. The van der Waals surface area contributed by atoms with Crippen LogP contribution in [0.4, 0.5) is 9.18 Å². The summed E-state index contributed by atoms with van der Waals surface area (Å²) in [5.41, 5.74) is -1.94. The average Bonchev–Trinajstić information content (AvgIpc) is 2.27. The van der Waals surface area contributed by atoms with E-state index in [9.17, 15) is 9.18 Å². The maximum Gasteiger partial charge on any atom is 0.410 e. The molecule has 1 fully saturated rings. The van der Waals surface area contributed by atoms with Gasteiger partial charge in [0.25, 0.3) is 0 Å². The standard InChI is InChI=1S/C14H21FN2O2/c1-13(2,3)19-12(18)17-10-7-14(15,8-11-17)6-4-5-9-16/h4,6H,5,7-8,10-11H2,1-3H3/b6-4+. The van der Waals surface area contributed by atoms with Gasteiger partial charge in [-0.15, -0.1) is 0 Å². The molecule has 0 radical (unpaired) electrons. The van der Waals surface area contributed by atoms with Gasteiger partial charge in [-0.2, -0.15) is 5.26 Å². The molecular formula is C14H21FN2O2. The van der Waals surface area contributed by atoms with E-state index in [2.05, 4.69) is 0 Å². The van der Waals surface area contributed by atoms with E-state index in [1.165, 1.54) is 11.0 Å². The van der Waals surface area contributed by atoms with Crippen molar-refractivity contribution in [3.8, 4) is 6.07 Å². The summed E-state index contributed by atoms with van der Waals surface area (Å²) in [6, 6.07) is 1.94. The normalized spacial score (nSPS) is 19.2. The Hall–Kier alpha value is -1.57. The maximum absolute atomic E-state index is 14.3. The second-order valence-electron chi connectivity index (χ2n) is 5.77. The summed E-state index contributed by atoms with van der Waals surface area (Å²) in [4.78, 5) is 13.3. The summed E-state index contributed by atoms with van der Waals surface area (Å²) < 4.78 is 19.5. The van der Waals surface area contributed by atoms with Crippen LogP contribution in [-0.4, -0.2) is 35.4 Å². The lowest BCUT2D eigenvalue weighted by molar-refractivity contribution is 0.0107. The molecule has 0 aromatic rings. The number of amides is 1. The summed E-state index contributed by atoms with van der Waals surface area (Å²) in [6.45, 7) is 6.08. The first kappa shape index (κ1) is 15.5. The van der Waals surface area contributed by atoms with Crippen molar-refractivity contribution in [2.45, 2.75) is 51.3 Å². The first-order valence-electron chi connectivity index (χ1n) is 6.47. The number of carbonyl (C=O) groups is 1. The van der Waals surface area contributed by atoms with Crippen LogP contribution in [0.15, 0.2) is 12.2 Å². The lowest BCUT2D eigenvalue weighted by Crippen LogP contribution is -2.45. The molecule has 0 atom stereocenters. The number of allylic oxidation sites excluding steroid dienone is 2. The first-order chi connectivity index (χ1) is 8.76. The molecule has 1 rings (SSSR count). The van der Waals surface area contributed by atoms with Gasteiger partial charge in [-0.1, -0.05) is 12.2 Å². The topological polar surface area (TPSA) is 53.3 Å². The molecule has 106 valence electrons. The van der Waals surface area contributed by atoms with Gasteiger partial charge >= 0.3 is 6.09 Å². The monoisotopic (exact) mass is 268 g/mol. The molecule has 0 aromatic heterocycles. The molecule has 1 aliphatic heterocycles. The number of likely N-dealkylation sites (tertiary alicyclic amines) is 1. The molecular weight excluding hydrogens is 247 g/mol. The van der Waals surface area contributed by atoms with E-state index >= 15 is 0 Å². The Morgan fingerprint density at radius 1 is 1.47 bits per heavy atom. The van der Waals surface area contributed by atoms with Crippen LogP contribution in [0.25, 0.3) is 0 Å². The molecule has 0 saturated carbocycles. The SMILES string of the molecule is CC(C)(C)OC(=O)N1CCC(F)(/C=C/CC#N)CC1. The molecule has 19 heavy (non-hydrogen) atoms. The predicted molar refractivity (Wildman–Crippen MR) is 70.3 cm³/mol. The maximum atomic E-state index is 14.3. The fourth-order valence-electron chi connectivity index (χ4n) is 1.88. The van der Waals surface area contributed by atoms with E-state index in [0.717, 1.165) is 0 Å². The smallest absolute Gasteiger partial charge is 0.410 e. The molecule has 1 heterocycles. The number of rotatable bonds is 2. The van der Waals surface area contributed by atoms with Crippen molar-refractivity contribution in [3.05, 3.63) is 12.2 Å². The Morgan fingerprint density at radius 2 is 2.05 bits per heavy atom. The van der Waals surface area contributed by atoms with Gasteiger partial charge in [-0.05, 0) is 20.8 Å². The van der Waals surface area contributed by atoms with Crippen LogP contribution in [0.3, 0.4) is 0 Å². The number of hydrogen-bond acceptors (Lipinski definition) is 3. The molecule has 0 N–H and O–H groups in total. The number of carbonyl (C=O) groups excluding carboxylic acids is 1. The van der Waals surface area contributed by atoms with Crippen LogP contribution >= 0.6 is 0 Å². The second kappa shape index (κ2) is 6.05. The molecule has 1 saturated heterocycles. The molecule has 0 bridgehead atoms. The Kier molecular flexibility index (Phi) is 4.93. The Bertz CT molecular complexity index is 385. The number of hydrogen-bond donors (Lipinski definition) is 0. The van der Waals surface area contributed by atoms with Crippen molar-refractivity contribution in [2.24, 2.45) is 0 Å². The van der Waals surface area contributed by atoms with Gasteiger partial charge in [0.15, 0.2) is 0 Å². The van der Waals surface area contributed by atoms with Gasteiger partial charge < -0.3 is 9.64 Å². The molecule has 0 unspecified atom stereocenters. The van der Waals surface area contributed by atoms with Gasteiger partial charge in [-0.3, -0.25) is 0 Å². The molecule has 1 aliphatic rings. The number of alkyl halides is 1. The van der Waals surface area contributed by atoms with Crippen LogP contribution < -0.4 is 0 Å². The molecule has 0 aliphatic carbocycles. The highest BCUT2D eigenvalue weighted by Crippen LogP contribution is 2.28. The van der Waals surface area contributed by atoms with Crippen LogP contribution in [-0.2, 0) is 4.74 Å². The summed E-state index contributed by atoms with van der Waals surface area (Å²) in [6.07, 6.45) is 3.30. The number of piperidine rings is 1. The minimum atomic E-state index is -1.41. The Labute approximate surface area is 113 Å². The van der Waals surface area contributed by atoms with Gasteiger partial charge in [0.05, 0.1) is 12.5 Å².